The van der Waals surface area contributed by atoms with Crippen LogP contribution in [0.2, 0.25) is 0 Å². The normalized spacial score (nSPS) is 12.6. The monoisotopic (exact) mass is 227 g/mol. The SMILES string of the molecule is C=C(C)C(NCC)c1ccc2nccnc2c1. The van der Waals surface area contributed by atoms with Gasteiger partial charge in [0.25, 0.3) is 0 Å². The Morgan fingerprint density at radius 1 is 1.29 bits per heavy atom. The van der Waals surface area contributed by atoms with E-state index >= 15 is 0 Å². The maximum absolute atomic E-state index is 4.32. The lowest BCUT2D eigenvalue weighted by atomic mass is 10.0. The largest absolute Gasteiger partial charge is 0.307 e. The highest BCUT2D eigenvalue weighted by Gasteiger charge is 2.11. The molecule has 0 aliphatic rings. The Kier molecular flexibility index (Phi) is 3.49. The molecule has 2 aromatic rings. The van der Waals surface area contributed by atoms with Crippen molar-refractivity contribution in [2.75, 3.05) is 6.54 Å². The summed E-state index contributed by atoms with van der Waals surface area (Å²) in [6, 6.07) is 6.35. The smallest absolute Gasteiger partial charge is 0.0890 e. The number of nitrogens with zero attached hydrogens (tertiary/aromatic N) is 2. The van der Waals surface area contributed by atoms with Crippen molar-refractivity contribution in [1.82, 2.24) is 15.3 Å². The Morgan fingerprint density at radius 2 is 2.00 bits per heavy atom. The summed E-state index contributed by atoms with van der Waals surface area (Å²) in [5.41, 5.74) is 4.14. The van der Waals surface area contributed by atoms with E-state index in [0.717, 1.165) is 23.2 Å². The van der Waals surface area contributed by atoms with Crippen molar-refractivity contribution in [3.05, 3.63) is 48.3 Å². The fourth-order valence-corrected chi connectivity index (χ4v) is 1.94. The predicted octanol–water partition coefficient (Wildman–Crippen LogP) is 2.86. The van der Waals surface area contributed by atoms with Crippen LogP contribution in [-0.4, -0.2) is 16.5 Å². The fraction of sp³-hybridized carbons (Fsp3) is 0.286. The first-order chi connectivity index (χ1) is 8.22. The fourth-order valence-electron chi connectivity index (χ4n) is 1.94. The Balaban J connectivity index is 2.43. The van der Waals surface area contributed by atoms with Crippen LogP contribution in [0.15, 0.2) is 42.7 Å². The second-order valence-corrected chi connectivity index (χ2v) is 4.14. The van der Waals surface area contributed by atoms with Gasteiger partial charge in [-0.05, 0) is 31.2 Å². The van der Waals surface area contributed by atoms with E-state index < -0.39 is 0 Å². The molecule has 0 spiro atoms. The molecule has 2 rings (SSSR count). The minimum atomic E-state index is 0.186. The lowest BCUT2D eigenvalue weighted by Crippen LogP contribution is -2.21. The summed E-state index contributed by atoms with van der Waals surface area (Å²) < 4.78 is 0. The molecule has 88 valence electrons. The second kappa shape index (κ2) is 5.06. The van der Waals surface area contributed by atoms with E-state index in [2.05, 4.69) is 40.9 Å². The van der Waals surface area contributed by atoms with E-state index in [1.165, 1.54) is 5.56 Å². The Labute approximate surface area is 102 Å². The van der Waals surface area contributed by atoms with Crippen LogP contribution >= 0.6 is 0 Å². The van der Waals surface area contributed by atoms with Gasteiger partial charge in [-0.3, -0.25) is 9.97 Å². The predicted molar refractivity (Wildman–Crippen MR) is 70.8 cm³/mol. The van der Waals surface area contributed by atoms with Crippen LogP contribution in [0.5, 0.6) is 0 Å². The minimum Gasteiger partial charge on any atom is -0.307 e. The number of aromatic nitrogens is 2. The molecule has 1 aromatic carbocycles. The Bertz CT molecular complexity index is 534. The summed E-state index contributed by atoms with van der Waals surface area (Å²) in [6.07, 6.45) is 3.43. The van der Waals surface area contributed by atoms with Gasteiger partial charge < -0.3 is 5.32 Å². The molecule has 17 heavy (non-hydrogen) atoms. The molecule has 0 saturated carbocycles. The summed E-state index contributed by atoms with van der Waals surface area (Å²) in [4.78, 5) is 8.59. The van der Waals surface area contributed by atoms with E-state index in [9.17, 15) is 0 Å². The van der Waals surface area contributed by atoms with Crippen LogP contribution in [0, 0.1) is 0 Å². The molecule has 3 heteroatoms. The summed E-state index contributed by atoms with van der Waals surface area (Å²) >= 11 is 0. The molecular formula is C14H17N3. The van der Waals surface area contributed by atoms with Crippen molar-refractivity contribution in [2.24, 2.45) is 0 Å². The van der Waals surface area contributed by atoms with Crippen molar-refractivity contribution in [1.29, 1.82) is 0 Å². The van der Waals surface area contributed by atoms with Gasteiger partial charge in [0.1, 0.15) is 0 Å². The standard InChI is InChI=1S/C14H17N3/c1-4-15-14(10(2)3)11-5-6-12-13(9-11)17-8-7-16-12/h5-9,14-15H,2,4H2,1,3H3. The molecule has 1 aromatic heterocycles. The van der Waals surface area contributed by atoms with Crippen LogP contribution in [0.1, 0.15) is 25.5 Å². The van der Waals surface area contributed by atoms with Crippen LogP contribution in [0.3, 0.4) is 0 Å². The third-order valence-corrected chi connectivity index (χ3v) is 2.73. The van der Waals surface area contributed by atoms with Gasteiger partial charge in [0.05, 0.1) is 17.1 Å². The minimum absolute atomic E-state index is 0.186. The van der Waals surface area contributed by atoms with E-state index in [0.29, 0.717) is 0 Å². The maximum Gasteiger partial charge on any atom is 0.0890 e. The van der Waals surface area contributed by atoms with Gasteiger partial charge in [-0.1, -0.05) is 25.1 Å². The molecule has 1 N–H and O–H groups in total. The molecule has 1 heterocycles. The zero-order chi connectivity index (χ0) is 12.3. The first-order valence-electron chi connectivity index (χ1n) is 5.82. The molecule has 1 atom stereocenters. The topological polar surface area (TPSA) is 37.8 Å². The Morgan fingerprint density at radius 3 is 2.65 bits per heavy atom. The molecule has 0 saturated heterocycles. The lowest BCUT2D eigenvalue weighted by Gasteiger charge is -2.18. The van der Waals surface area contributed by atoms with Gasteiger partial charge in [-0.2, -0.15) is 0 Å². The second-order valence-electron chi connectivity index (χ2n) is 4.14. The number of hydrogen-bond donors (Lipinski definition) is 1. The molecule has 0 radical (unpaired) electrons. The van der Waals surface area contributed by atoms with Gasteiger partial charge in [0.2, 0.25) is 0 Å². The van der Waals surface area contributed by atoms with E-state index in [1.807, 2.05) is 13.0 Å². The number of likely N-dealkylation sites (N-methyl/N-ethyl adjacent to an activating group) is 1. The third-order valence-electron chi connectivity index (χ3n) is 2.73. The number of benzene rings is 1. The molecule has 0 amide bonds. The van der Waals surface area contributed by atoms with E-state index in [4.69, 9.17) is 0 Å². The highest BCUT2D eigenvalue weighted by molar-refractivity contribution is 5.74. The molecule has 0 aliphatic heterocycles. The van der Waals surface area contributed by atoms with E-state index in [1.54, 1.807) is 12.4 Å². The van der Waals surface area contributed by atoms with Gasteiger partial charge in [0, 0.05) is 12.4 Å². The Hall–Kier alpha value is -1.74. The van der Waals surface area contributed by atoms with Crippen LogP contribution in [-0.2, 0) is 0 Å². The van der Waals surface area contributed by atoms with Crippen molar-refractivity contribution in [3.63, 3.8) is 0 Å². The quantitative estimate of drug-likeness (QED) is 0.816. The average molecular weight is 227 g/mol. The van der Waals surface area contributed by atoms with Crippen LogP contribution in [0.4, 0.5) is 0 Å². The number of fused-ring (bicyclic) bond motifs is 1. The maximum atomic E-state index is 4.32. The first kappa shape index (κ1) is 11.7. The summed E-state index contributed by atoms with van der Waals surface area (Å²) in [6.45, 7) is 9.07. The van der Waals surface area contributed by atoms with Gasteiger partial charge in [-0.25, -0.2) is 0 Å². The summed E-state index contributed by atoms with van der Waals surface area (Å²) in [5.74, 6) is 0. The zero-order valence-electron chi connectivity index (χ0n) is 10.3. The lowest BCUT2D eigenvalue weighted by molar-refractivity contribution is 0.622. The van der Waals surface area contributed by atoms with Crippen molar-refractivity contribution < 1.29 is 0 Å². The molecule has 1 unspecified atom stereocenters. The van der Waals surface area contributed by atoms with Crippen molar-refractivity contribution >= 4 is 11.0 Å². The summed E-state index contributed by atoms with van der Waals surface area (Å²) in [7, 11) is 0. The van der Waals surface area contributed by atoms with Gasteiger partial charge in [0.15, 0.2) is 0 Å². The number of nitrogens with one attached hydrogen (secondary N) is 1. The third kappa shape index (κ3) is 2.50. The zero-order valence-corrected chi connectivity index (χ0v) is 10.3. The van der Waals surface area contributed by atoms with Crippen molar-refractivity contribution in [2.45, 2.75) is 19.9 Å². The van der Waals surface area contributed by atoms with E-state index in [-0.39, 0.29) is 6.04 Å². The first-order valence-corrected chi connectivity index (χ1v) is 5.82. The average Bonchev–Trinajstić information content (AvgIpc) is 2.35. The van der Waals surface area contributed by atoms with Crippen molar-refractivity contribution in [3.8, 4) is 0 Å². The molecule has 0 aliphatic carbocycles. The van der Waals surface area contributed by atoms with Gasteiger partial charge in [-0.15, -0.1) is 0 Å². The highest BCUT2D eigenvalue weighted by Crippen LogP contribution is 2.22. The van der Waals surface area contributed by atoms with Gasteiger partial charge >= 0.3 is 0 Å². The number of hydrogen-bond acceptors (Lipinski definition) is 3. The molecular weight excluding hydrogens is 210 g/mol. The number of rotatable bonds is 4. The van der Waals surface area contributed by atoms with Crippen LogP contribution < -0.4 is 5.32 Å². The molecule has 3 nitrogen and oxygen atoms in total. The molecule has 0 fully saturated rings. The molecule has 0 bridgehead atoms. The summed E-state index contributed by atoms with van der Waals surface area (Å²) in [5, 5.41) is 3.42. The highest BCUT2D eigenvalue weighted by atomic mass is 14.9. The van der Waals surface area contributed by atoms with Crippen LogP contribution in [0.25, 0.3) is 11.0 Å².